The Bertz CT molecular complexity index is 80.8. The number of nitrogens with one attached hydrogen (secondary N) is 1. The number of hydrogen-bond acceptors (Lipinski definition) is 3. The molecule has 0 aliphatic carbocycles. The summed E-state index contributed by atoms with van der Waals surface area (Å²) < 4.78 is 0. The van der Waals surface area contributed by atoms with Crippen molar-refractivity contribution in [3.63, 3.8) is 0 Å². The van der Waals surface area contributed by atoms with Gasteiger partial charge in [0.1, 0.15) is 6.29 Å². The molecule has 3 heteroatoms. The zero-order chi connectivity index (χ0) is 7.33. The van der Waals surface area contributed by atoms with Crippen LogP contribution >= 0.6 is 0 Å². The van der Waals surface area contributed by atoms with Gasteiger partial charge in [-0.1, -0.05) is 6.92 Å². The second-order valence-corrected chi connectivity index (χ2v) is 2.04. The summed E-state index contributed by atoms with van der Waals surface area (Å²) in [5.74, 6) is 0. The van der Waals surface area contributed by atoms with Crippen LogP contribution in [0.4, 0.5) is 0 Å². The predicted octanol–water partition coefficient (Wildman–Crippen LogP) is -0.454. The van der Waals surface area contributed by atoms with E-state index in [1.54, 1.807) is 7.05 Å². The number of aliphatic hydroxyl groups excluding tert-OH is 1. The Balaban J connectivity index is 3.98. The van der Waals surface area contributed by atoms with E-state index in [1.165, 1.54) is 0 Å². The molecule has 1 atom stereocenters. The third-order valence-corrected chi connectivity index (χ3v) is 1.64. The quantitative estimate of drug-likeness (QED) is 0.508. The number of aldehydes is 1. The molecule has 0 radical (unpaired) electrons. The van der Waals surface area contributed by atoms with Crippen molar-refractivity contribution in [3.8, 4) is 0 Å². The molecule has 3 nitrogen and oxygen atoms in total. The minimum absolute atomic E-state index is 0.135. The van der Waals surface area contributed by atoms with Crippen LogP contribution in [0.2, 0.25) is 0 Å². The smallest absolute Gasteiger partial charge is 0.142 e. The molecule has 0 bridgehead atoms. The summed E-state index contributed by atoms with van der Waals surface area (Å²) in [5, 5.41) is 11.4. The highest BCUT2D eigenvalue weighted by Crippen LogP contribution is 2.02. The molecular weight excluding hydrogens is 118 g/mol. The van der Waals surface area contributed by atoms with Gasteiger partial charge >= 0.3 is 0 Å². The normalized spacial score (nSPS) is 16.8. The molecule has 0 fully saturated rings. The van der Waals surface area contributed by atoms with Crippen molar-refractivity contribution >= 4 is 6.29 Å². The second kappa shape index (κ2) is 3.58. The maximum Gasteiger partial charge on any atom is 0.142 e. The molecule has 54 valence electrons. The van der Waals surface area contributed by atoms with Crippen LogP contribution in [0.25, 0.3) is 0 Å². The van der Waals surface area contributed by atoms with E-state index in [-0.39, 0.29) is 6.61 Å². The van der Waals surface area contributed by atoms with E-state index in [2.05, 4.69) is 5.32 Å². The maximum absolute atomic E-state index is 10.3. The van der Waals surface area contributed by atoms with Gasteiger partial charge in [-0.05, 0) is 13.5 Å². The number of rotatable bonds is 4. The van der Waals surface area contributed by atoms with Crippen LogP contribution in [-0.4, -0.2) is 30.6 Å². The molecule has 0 aromatic heterocycles. The third kappa shape index (κ3) is 1.77. The summed E-state index contributed by atoms with van der Waals surface area (Å²) in [6, 6.07) is 0. The molecule has 0 spiro atoms. The van der Waals surface area contributed by atoms with Crippen LogP contribution in [0.5, 0.6) is 0 Å². The van der Waals surface area contributed by atoms with Gasteiger partial charge in [0.25, 0.3) is 0 Å². The highest BCUT2D eigenvalue weighted by molar-refractivity contribution is 5.64. The standard InChI is InChI=1S/C6H13NO2/c1-3-6(4-8,5-9)7-2/h4,7,9H,3,5H2,1-2H3/t6-/m0/s1. The van der Waals surface area contributed by atoms with E-state index in [0.29, 0.717) is 6.42 Å². The molecule has 0 unspecified atom stereocenters. The zero-order valence-electron chi connectivity index (χ0n) is 5.85. The van der Waals surface area contributed by atoms with Crippen molar-refractivity contribution in [3.05, 3.63) is 0 Å². The molecular formula is C6H13NO2. The number of hydrogen-bond donors (Lipinski definition) is 2. The van der Waals surface area contributed by atoms with Crippen molar-refractivity contribution < 1.29 is 9.90 Å². The molecule has 0 rings (SSSR count). The Morgan fingerprint density at radius 1 is 1.78 bits per heavy atom. The monoisotopic (exact) mass is 131 g/mol. The lowest BCUT2D eigenvalue weighted by molar-refractivity contribution is -0.114. The van der Waals surface area contributed by atoms with Crippen LogP contribution in [0, 0.1) is 0 Å². The van der Waals surface area contributed by atoms with E-state index >= 15 is 0 Å². The Kier molecular flexibility index (Phi) is 3.42. The molecule has 0 saturated heterocycles. The van der Waals surface area contributed by atoms with E-state index in [9.17, 15) is 4.79 Å². The largest absolute Gasteiger partial charge is 0.394 e. The van der Waals surface area contributed by atoms with Crippen molar-refractivity contribution in [1.29, 1.82) is 0 Å². The average Bonchev–Trinajstić information content (AvgIpc) is 1.95. The van der Waals surface area contributed by atoms with Gasteiger partial charge in [0.05, 0.1) is 12.1 Å². The Hall–Kier alpha value is -0.410. The summed E-state index contributed by atoms with van der Waals surface area (Å²) in [6.45, 7) is 1.71. The fourth-order valence-corrected chi connectivity index (χ4v) is 0.547. The third-order valence-electron chi connectivity index (χ3n) is 1.64. The lowest BCUT2D eigenvalue weighted by Crippen LogP contribution is -2.47. The van der Waals surface area contributed by atoms with Gasteiger partial charge in [0.15, 0.2) is 0 Å². The highest BCUT2D eigenvalue weighted by atomic mass is 16.3. The van der Waals surface area contributed by atoms with Crippen molar-refractivity contribution in [2.24, 2.45) is 0 Å². The molecule has 0 aromatic carbocycles. The number of aliphatic hydroxyl groups is 1. The minimum Gasteiger partial charge on any atom is -0.394 e. The van der Waals surface area contributed by atoms with Crippen LogP contribution < -0.4 is 5.32 Å². The van der Waals surface area contributed by atoms with E-state index in [0.717, 1.165) is 6.29 Å². The fraction of sp³-hybridized carbons (Fsp3) is 0.833. The molecule has 0 aliphatic heterocycles. The lowest BCUT2D eigenvalue weighted by atomic mass is 10.0. The first kappa shape index (κ1) is 8.59. The summed E-state index contributed by atoms with van der Waals surface area (Å²) in [5.41, 5.74) is -0.708. The van der Waals surface area contributed by atoms with Crippen molar-refractivity contribution in [2.75, 3.05) is 13.7 Å². The van der Waals surface area contributed by atoms with E-state index in [4.69, 9.17) is 5.11 Å². The van der Waals surface area contributed by atoms with Crippen LogP contribution in [0.1, 0.15) is 13.3 Å². The molecule has 0 aromatic rings. The molecule has 0 aliphatic rings. The number of likely N-dealkylation sites (N-methyl/N-ethyl adjacent to an activating group) is 1. The Morgan fingerprint density at radius 2 is 2.33 bits per heavy atom. The SMILES string of the molecule is CC[C@](C=O)(CO)NC. The van der Waals surface area contributed by atoms with Crippen LogP contribution in [0.3, 0.4) is 0 Å². The number of carbonyl (C=O) groups is 1. The topological polar surface area (TPSA) is 49.3 Å². The minimum atomic E-state index is -0.708. The molecule has 0 saturated carbocycles. The van der Waals surface area contributed by atoms with Gasteiger partial charge in [-0.15, -0.1) is 0 Å². The van der Waals surface area contributed by atoms with Gasteiger partial charge < -0.3 is 15.2 Å². The average molecular weight is 131 g/mol. The summed E-state index contributed by atoms with van der Waals surface area (Å²) in [7, 11) is 1.66. The zero-order valence-corrected chi connectivity index (χ0v) is 5.85. The second-order valence-electron chi connectivity index (χ2n) is 2.04. The lowest BCUT2D eigenvalue weighted by Gasteiger charge is -2.22. The fourth-order valence-electron chi connectivity index (χ4n) is 0.547. The molecule has 0 amide bonds. The Morgan fingerprint density at radius 3 is 2.33 bits per heavy atom. The van der Waals surface area contributed by atoms with Crippen molar-refractivity contribution in [2.45, 2.75) is 18.9 Å². The predicted molar refractivity (Wildman–Crippen MR) is 35.2 cm³/mol. The summed E-state index contributed by atoms with van der Waals surface area (Å²) in [6.07, 6.45) is 1.36. The van der Waals surface area contributed by atoms with Gasteiger partial charge in [0.2, 0.25) is 0 Å². The first-order valence-electron chi connectivity index (χ1n) is 3.00. The van der Waals surface area contributed by atoms with E-state index < -0.39 is 5.54 Å². The highest BCUT2D eigenvalue weighted by Gasteiger charge is 2.23. The summed E-state index contributed by atoms with van der Waals surface area (Å²) in [4.78, 5) is 10.3. The molecule has 2 N–H and O–H groups in total. The van der Waals surface area contributed by atoms with Crippen LogP contribution in [0.15, 0.2) is 0 Å². The first-order chi connectivity index (χ1) is 4.24. The number of carbonyl (C=O) groups excluding carboxylic acids is 1. The first-order valence-corrected chi connectivity index (χ1v) is 3.00. The van der Waals surface area contributed by atoms with Gasteiger partial charge in [-0.25, -0.2) is 0 Å². The van der Waals surface area contributed by atoms with Crippen LogP contribution in [-0.2, 0) is 4.79 Å². The van der Waals surface area contributed by atoms with Gasteiger partial charge in [0, 0.05) is 0 Å². The molecule has 0 heterocycles. The van der Waals surface area contributed by atoms with E-state index in [1.807, 2.05) is 6.92 Å². The maximum atomic E-state index is 10.3. The van der Waals surface area contributed by atoms with Crippen molar-refractivity contribution in [1.82, 2.24) is 5.32 Å². The molecule has 9 heavy (non-hydrogen) atoms. The van der Waals surface area contributed by atoms with Gasteiger partial charge in [-0.3, -0.25) is 0 Å². The Labute approximate surface area is 55.1 Å². The summed E-state index contributed by atoms with van der Waals surface area (Å²) >= 11 is 0. The van der Waals surface area contributed by atoms with Gasteiger partial charge in [-0.2, -0.15) is 0 Å².